The standard InChI is InChI=1S/C8H12N4O3/c1-5(7(13)11(2)3)12-4-6(8(14)15)9-10-12/h4-5H,1-3H3,(H,14,15). The van der Waals surface area contributed by atoms with Crippen molar-refractivity contribution in [1.82, 2.24) is 19.9 Å². The normalized spacial score (nSPS) is 12.2. The van der Waals surface area contributed by atoms with Crippen LogP contribution in [0.2, 0.25) is 0 Å². The van der Waals surface area contributed by atoms with Gasteiger partial charge in [0, 0.05) is 14.1 Å². The predicted molar refractivity (Wildman–Crippen MR) is 50.4 cm³/mol. The maximum atomic E-state index is 11.5. The molecule has 1 amide bonds. The van der Waals surface area contributed by atoms with Crippen LogP contribution < -0.4 is 0 Å². The molecule has 0 aliphatic rings. The second-order valence-electron chi connectivity index (χ2n) is 3.30. The fourth-order valence-corrected chi connectivity index (χ4v) is 1.05. The molecule has 0 aliphatic heterocycles. The Bertz CT molecular complexity index is 385. The number of rotatable bonds is 3. The Kier molecular flexibility index (Phi) is 3.03. The fourth-order valence-electron chi connectivity index (χ4n) is 1.05. The number of aromatic nitrogens is 3. The summed E-state index contributed by atoms with van der Waals surface area (Å²) in [6.45, 7) is 1.63. The van der Waals surface area contributed by atoms with Crippen LogP contribution in [0.3, 0.4) is 0 Å². The van der Waals surface area contributed by atoms with Gasteiger partial charge in [0.2, 0.25) is 5.91 Å². The number of likely N-dealkylation sites (N-methyl/N-ethyl adjacent to an activating group) is 1. The van der Waals surface area contributed by atoms with E-state index < -0.39 is 12.0 Å². The number of carbonyl (C=O) groups excluding carboxylic acids is 1. The molecule has 1 heterocycles. The van der Waals surface area contributed by atoms with Gasteiger partial charge in [0.15, 0.2) is 5.69 Å². The van der Waals surface area contributed by atoms with Gasteiger partial charge in [-0.2, -0.15) is 0 Å². The number of hydrogen-bond acceptors (Lipinski definition) is 4. The maximum Gasteiger partial charge on any atom is 0.358 e. The number of amides is 1. The Hall–Kier alpha value is -1.92. The van der Waals surface area contributed by atoms with E-state index in [1.165, 1.54) is 15.8 Å². The summed E-state index contributed by atoms with van der Waals surface area (Å²) in [6, 6.07) is -0.555. The smallest absolute Gasteiger partial charge is 0.358 e. The summed E-state index contributed by atoms with van der Waals surface area (Å²) in [4.78, 5) is 23.5. The summed E-state index contributed by atoms with van der Waals surface area (Å²) >= 11 is 0. The third-order valence-corrected chi connectivity index (χ3v) is 1.92. The number of carboxylic acids is 1. The van der Waals surface area contributed by atoms with Crippen molar-refractivity contribution in [3.8, 4) is 0 Å². The Morgan fingerprint density at radius 3 is 2.53 bits per heavy atom. The largest absolute Gasteiger partial charge is 0.476 e. The quantitative estimate of drug-likeness (QED) is 0.738. The molecule has 1 atom stereocenters. The third-order valence-electron chi connectivity index (χ3n) is 1.92. The van der Waals surface area contributed by atoms with E-state index in [4.69, 9.17) is 5.11 Å². The minimum absolute atomic E-state index is 0.170. The van der Waals surface area contributed by atoms with Crippen LogP contribution in [0.25, 0.3) is 0 Å². The Balaban J connectivity index is 2.87. The molecule has 0 fully saturated rings. The van der Waals surface area contributed by atoms with Gasteiger partial charge in [-0.05, 0) is 6.92 Å². The highest BCUT2D eigenvalue weighted by Crippen LogP contribution is 2.07. The van der Waals surface area contributed by atoms with Crippen LogP contribution in [-0.4, -0.2) is 51.0 Å². The highest BCUT2D eigenvalue weighted by atomic mass is 16.4. The number of aromatic carboxylic acids is 1. The Morgan fingerprint density at radius 1 is 1.53 bits per heavy atom. The van der Waals surface area contributed by atoms with Crippen molar-refractivity contribution in [1.29, 1.82) is 0 Å². The second kappa shape index (κ2) is 4.07. The van der Waals surface area contributed by atoms with E-state index in [0.29, 0.717) is 0 Å². The van der Waals surface area contributed by atoms with Gasteiger partial charge in [-0.3, -0.25) is 4.79 Å². The van der Waals surface area contributed by atoms with Gasteiger partial charge in [-0.25, -0.2) is 9.48 Å². The van der Waals surface area contributed by atoms with Crippen LogP contribution in [-0.2, 0) is 4.79 Å². The molecule has 1 aromatic rings. The Labute approximate surface area is 86.3 Å². The van der Waals surface area contributed by atoms with Crippen LogP contribution in [0, 0.1) is 0 Å². The first-order valence-corrected chi connectivity index (χ1v) is 4.29. The van der Waals surface area contributed by atoms with Gasteiger partial charge in [-0.15, -0.1) is 5.10 Å². The van der Waals surface area contributed by atoms with E-state index >= 15 is 0 Å². The monoisotopic (exact) mass is 212 g/mol. The van der Waals surface area contributed by atoms with Crippen molar-refractivity contribution < 1.29 is 14.7 Å². The first kappa shape index (κ1) is 11.2. The molecule has 7 heteroatoms. The molecule has 82 valence electrons. The van der Waals surface area contributed by atoms with Crippen molar-refractivity contribution in [3.63, 3.8) is 0 Å². The van der Waals surface area contributed by atoms with Crippen LogP contribution in [0.5, 0.6) is 0 Å². The maximum absolute atomic E-state index is 11.5. The average molecular weight is 212 g/mol. The summed E-state index contributed by atoms with van der Waals surface area (Å²) < 4.78 is 1.23. The molecule has 0 saturated carbocycles. The highest BCUT2D eigenvalue weighted by Gasteiger charge is 2.19. The van der Waals surface area contributed by atoms with Gasteiger partial charge in [0.25, 0.3) is 0 Å². The minimum atomic E-state index is -1.16. The molecular formula is C8H12N4O3. The molecule has 0 bridgehead atoms. The van der Waals surface area contributed by atoms with Crippen LogP contribution in [0.1, 0.15) is 23.5 Å². The summed E-state index contributed by atoms with van der Waals surface area (Å²) in [5.74, 6) is -1.33. The molecule has 0 radical (unpaired) electrons. The van der Waals surface area contributed by atoms with Gasteiger partial charge < -0.3 is 10.0 Å². The van der Waals surface area contributed by atoms with E-state index in [1.807, 2.05) is 0 Å². The van der Waals surface area contributed by atoms with Gasteiger partial charge in [0.1, 0.15) is 6.04 Å². The number of hydrogen-bond donors (Lipinski definition) is 1. The second-order valence-corrected chi connectivity index (χ2v) is 3.30. The van der Waals surface area contributed by atoms with Crippen molar-refractivity contribution in [2.75, 3.05) is 14.1 Å². The van der Waals surface area contributed by atoms with Gasteiger partial charge in [0.05, 0.1) is 6.20 Å². The van der Waals surface area contributed by atoms with E-state index in [0.717, 1.165) is 0 Å². The molecule has 0 aliphatic carbocycles. The predicted octanol–water partition coefficient (Wildman–Crippen LogP) is -0.375. The molecule has 7 nitrogen and oxygen atoms in total. The number of carbonyl (C=O) groups is 2. The molecule has 15 heavy (non-hydrogen) atoms. The lowest BCUT2D eigenvalue weighted by atomic mass is 10.3. The lowest BCUT2D eigenvalue weighted by Crippen LogP contribution is -2.30. The zero-order chi connectivity index (χ0) is 11.6. The fraction of sp³-hybridized carbons (Fsp3) is 0.500. The first-order chi connectivity index (χ1) is 6.93. The number of carboxylic acid groups (broad SMARTS) is 1. The molecule has 1 aromatic heterocycles. The van der Waals surface area contributed by atoms with Crippen LogP contribution in [0.15, 0.2) is 6.20 Å². The lowest BCUT2D eigenvalue weighted by molar-refractivity contribution is -0.132. The lowest BCUT2D eigenvalue weighted by Gasteiger charge is -2.15. The summed E-state index contributed by atoms with van der Waals surface area (Å²) in [7, 11) is 3.24. The van der Waals surface area contributed by atoms with Crippen LogP contribution >= 0.6 is 0 Å². The minimum Gasteiger partial charge on any atom is -0.476 e. The average Bonchev–Trinajstić information content (AvgIpc) is 2.64. The molecule has 0 spiro atoms. The van der Waals surface area contributed by atoms with Gasteiger partial charge in [-0.1, -0.05) is 5.21 Å². The van der Waals surface area contributed by atoms with E-state index in [2.05, 4.69) is 10.3 Å². The molecule has 0 aromatic carbocycles. The van der Waals surface area contributed by atoms with Crippen molar-refractivity contribution in [2.24, 2.45) is 0 Å². The van der Waals surface area contributed by atoms with Crippen molar-refractivity contribution in [3.05, 3.63) is 11.9 Å². The van der Waals surface area contributed by atoms with E-state index in [-0.39, 0.29) is 11.6 Å². The highest BCUT2D eigenvalue weighted by molar-refractivity contribution is 5.85. The third kappa shape index (κ3) is 2.30. The molecule has 0 saturated heterocycles. The van der Waals surface area contributed by atoms with Gasteiger partial charge >= 0.3 is 5.97 Å². The summed E-state index contributed by atoms with van der Waals surface area (Å²) in [6.07, 6.45) is 1.23. The zero-order valence-electron chi connectivity index (χ0n) is 8.71. The van der Waals surface area contributed by atoms with Crippen LogP contribution in [0.4, 0.5) is 0 Å². The van der Waals surface area contributed by atoms with E-state index in [1.54, 1.807) is 21.0 Å². The molecule has 1 N–H and O–H groups in total. The Morgan fingerprint density at radius 2 is 2.13 bits per heavy atom. The molecular weight excluding hydrogens is 200 g/mol. The molecule has 1 unspecified atom stereocenters. The summed E-state index contributed by atoms with van der Waals surface area (Å²) in [5, 5.41) is 15.6. The first-order valence-electron chi connectivity index (χ1n) is 4.29. The topological polar surface area (TPSA) is 88.3 Å². The van der Waals surface area contributed by atoms with E-state index in [9.17, 15) is 9.59 Å². The summed E-state index contributed by atoms with van der Waals surface area (Å²) in [5.41, 5.74) is -0.173. The van der Waals surface area contributed by atoms with Crippen molar-refractivity contribution in [2.45, 2.75) is 13.0 Å². The molecule has 1 rings (SSSR count). The zero-order valence-corrected chi connectivity index (χ0v) is 8.71. The van der Waals surface area contributed by atoms with Crippen molar-refractivity contribution >= 4 is 11.9 Å². The number of nitrogens with zero attached hydrogens (tertiary/aromatic N) is 4. The SMILES string of the molecule is CC(C(=O)N(C)C)n1cc(C(=O)O)nn1.